The molecule has 2 aliphatic rings. The van der Waals surface area contributed by atoms with Gasteiger partial charge in [-0.2, -0.15) is 0 Å². The van der Waals surface area contributed by atoms with Crippen molar-refractivity contribution in [2.75, 3.05) is 37.1 Å². The van der Waals surface area contributed by atoms with E-state index in [-0.39, 0.29) is 24.5 Å². The Bertz CT molecular complexity index is 582. The van der Waals surface area contributed by atoms with Crippen LogP contribution in [0.25, 0.3) is 0 Å². The number of amides is 2. The van der Waals surface area contributed by atoms with Gasteiger partial charge in [-0.1, -0.05) is 6.07 Å². The lowest BCUT2D eigenvalue weighted by atomic mass is 10.1. The summed E-state index contributed by atoms with van der Waals surface area (Å²) < 4.78 is 10.3. The molecule has 1 fully saturated rings. The van der Waals surface area contributed by atoms with Gasteiger partial charge in [0.25, 0.3) is 5.91 Å². The predicted molar refractivity (Wildman–Crippen MR) is 82.0 cm³/mol. The highest BCUT2D eigenvalue weighted by molar-refractivity contribution is 6.00. The van der Waals surface area contributed by atoms with Crippen molar-refractivity contribution in [2.24, 2.45) is 0 Å². The van der Waals surface area contributed by atoms with Crippen molar-refractivity contribution in [1.82, 2.24) is 0 Å². The number of anilines is 2. The number of hydrogen-bond donors (Lipinski definition) is 1. The molecule has 6 heteroatoms. The maximum atomic E-state index is 12.5. The maximum Gasteiger partial charge on any atom is 0.256 e. The van der Waals surface area contributed by atoms with Crippen LogP contribution in [0.4, 0.5) is 11.4 Å². The van der Waals surface area contributed by atoms with E-state index < -0.39 is 0 Å². The molecule has 6 nitrogen and oxygen atoms in total. The molecule has 2 heterocycles. The van der Waals surface area contributed by atoms with Crippen LogP contribution in [0.2, 0.25) is 0 Å². The fraction of sp³-hybridized carbons (Fsp3) is 0.500. The molecule has 1 saturated heterocycles. The minimum absolute atomic E-state index is 0.00957. The molecular weight excluding hydrogens is 284 g/mol. The number of hydrogen-bond acceptors (Lipinski definition) is 4. The zero-order valence-corrected chi connectivity index (χ0v) is 12.6. The molecule has 1 aromatic carbocycles. The van der Waals surface area contributed by atoms with Crippen LogP contribution < -0.4 is 10.2 Å². The molecule has 2 aliphatic heterocycles. The maximum absolute atomic E-state index is 12.5. The van der Waals surface area contributed by atoms with E-state index in [1.165, 1.54) is 7.11 Å². The lowest BCUT2D eigenvalue weighted by molar-refractivity contribution is -0.127. The zero-order valence-electron chi connectivity index (χ0n) is 12.6. The third-order valence-electron chi connectivity index (χ3n) is 4.01. The minimum Gasteiger partial charge on any atom is -0.375 e. The van der Waals surface area contributed by atoms with E-state index in [2.05, 4.69) is 5.32 Å². The van der Waals surface area contributed by atoms with Gasteiger partial charge in [-0.3, -0.25) is 9.59 Å². The second-order valence-electron chi connectivity index (χ2n) is 5.57. The molecule has 3 rings (SSSR count). The fourth-order valence-corrected chi connectivity index (χ4v) is 2.96. The first kappa shape index (κ1) is 15.0. The number of fused-ring (bicyclic) bond motifs is 1. The normalized spacial score (nSPS) is 20.0. The van der Waals surface area contributed by atoms with Crippen LogP contribution in [-0.4, -0.2) is 44.8 Å². The number of carbonyl (C=O) groups is 2. The van der Waals surface area contributed by atoms with E-state index in [1.807, 2.05) is 18.2 Å². The van der Waals surface area contributed by atoms with Gasteiger partial charge in [-0.25, -0.2) is 0 Å². The number of ether oxygens (including phenoxy) is 2. The fourth-order valence-electron chi connectivity index (χ4n) is 2.96. The smallest absolute Gasteiger partial charge is 0.256 e. The summed E-state index contributed by atoms with van der Waals surface area (Å²) in [5.74, 6) is -0.186. The highest BCUT2D eigenvalue weighted by atomic mass is 16.5. The van der Waals surface area contributed by atoms with Crippen LogP contribution in [0.3, 0.4) is 0 Å². The summed E-state index contributed by atoms with van der Waals surface area (Å²) in [5, 5.41) is 2.77. The van der Waals surface area contributed by atoms with Gasteiger partial charge in [0.05, 0.1) is 0 Å². The van der Waals surface area contributed by atoms with Gasteiger partial charge in [0.2, 0.25) is 5.91 Å². The summed E-state index contributed by atoms with van der Waals surface area (Å²) in [6.45, 7) is 1.34. The Morgan fingerprint density at radius 1 is 1.45 bits per heavy atom. The second-order valence-corrected chi connectivity index (χ2v) is 5.57. The van der Waals surface area contributed by atoms with E-state index >= 15 is 0 Å². The molecule has 0 radical (unpaired) electrons. The van der Waals surface area contributed by atoms with Crippen molar-refractivity contribution in [3.8, 4) is 0 Å². The lowest BCUT2D eigenvalue weighted by Gasteiger charge is -2.21. The molecule has 0 aromatic heterocycles. The third kappa shape index (κ3) is 2.98. The van der Waals surface area contributed by atoms with Crippen molar-refractivity contribution in [1.29, 1.82) is 0 Å². The van der Waals surface area contributed by atoms with Gasteiger partial charge in [0.15, 0.2) is 0 Å². The summed E-state index contributed by atoms with van der Waals surface area (Å²) in [6, 6.07) is 5.66. The predicted octanol–water partition coefficient (Wildman–Crippen LogP) is 1.34. The molecule has 0 unspecified atom stereocenters. The number of rotatable bonds is 4. The molecule has 0 aliphatic carbocycles. The van der Waals surface area contributed by atoms with Gasteiger partial charge in [-0.15, -0.1) is 0 Å². The number of carbonyl (C=O) groups excluding carboxylic acids is 2. The molecule has 118 valence electrons. The number of benzene rings is 1. The first-order chi connectivity index (χ1) is 10.7. The Hall–Kier alpha value is -1.92. The Morgan fingerprint density at radius 2 is 2.32 bits per heavy atom. The van der Waals surface area contributed by atoms with Crippen LogP contribution in [0, 0.1) is 0 Å². The Balaban J connectivity index is 1.76. The molecule has 2 amide bonds. The van der Waals surface area contributed by atoms with Gasteiger partial charge in [0, 0.05) is 31.6 Å². The Labute approximate surface area is 129 Å². The van der Waals surface area contributed by atoms with Crippen LogP contribution in [0.1, 0.15) is 18.4 Å². The van der Waals surface area contributed by atoms with Crippen molar-refractivity contribution in [3.63, 3.8) is 0 Å². The zero-order chi connectivity index (χ0) is 15.5. The number of nitrogens with one attached hydrogen (secondary N) is 1. The van der Waals surface area contributed by atoms with Crippen molar-refractivity contribution >= 4 is 23.2 Å². The summed E-state index contributed by atoms with van der Waals surface area (Å²) in [5.41, 5.74) is 2.67. The van der Waals surface area contributed by atoms with E-state index in [4.69, 9.17) is 9.47 Å². The Kier molecular flexibility index (Phi) is 4.40. The largest absolute Gasteiger partial charge is 0.375 e. The van der Waals surface area contributed by atoms with Crippen LogP contribution in [-0.2, 0) is 25.5 Å². The summed E-state index contributed by atoms with van der Waals surface area (Å²) >= 11 is 0. The Morgan fingerprint density at radius 3 is 3.05 bits per heavy atom. The second kappa shape index (κ2) is 6.46. The lowest BCUT2D eigenvalue weighted by Crippen LogP contribution is -2.37. The van der Waals surface area contributed by atoms with E-state index in [0.717, 1.165) is 30.5 Å². The summed E-state index contributed by atoms with van der Waals surface area (Å²) in [4.78, 5) is 25.9. The van der Waals surface area contributed by atoms with Crippen molar-refractivity contribution < 1.29 is 19.1 Å². The molecule has 1 atom stereocenters. The molecule has 0 bridgehead atoms. The highest BCUT2D eigenvalue weighted by Gasteiger charge is 2.32. The van der Waals surface area contributed by atoms with Crippen molar-refractivity contribution in [3.05, 3.63) is 23.8 Å². The summed E-state index contributed by atoms with van der Waals surface area (Å²) in [6.07, 6.45) is 2.23. The topological polar surface area (TPSA) is 67.9 Å². The quantitative estimate of drug-likeness (QED) is 0.911. The average molecular weight is 304 g/mol. The summed E-state index contributed by atoms with van der Waals surface area (Å²) in [7, 11) is 1.48. The minimum atomic E-state index is -0.322. The SMILES string of the molecule is COCC(=O)Nc1ccc2c(c1)N(C(=O)[C@@H]1CCCO1)CC2. The van der Waals surface area contributed by atoms with E-state index in [0.29, 0.717) is 18.8 Å². The number of nitrogens with zero attached hydrogens (tertiary/aromatic N) is 1. The molecule has 0 spiro atoms. The van der Waals surface area contributed by atoms with Gasteiger partial charge in [-0.05, 0) is 37.0 Å². The first-order valence-electron chi connectivity index (χ1n) is 7.54. The van der Waals surface area contributed by atoms with Gasteiger partial charge < -0.3 is 19.7 Å². The standard InChI is InChI=1S/C16H20N2O4/c1-21-10-15(19)17-12-5-4-11-6-7-18(13(11)9-12)16(20)14-3-2-8-22-14/h4-5,9,14H,2-3,6-8,10H2,1H3,(H,17,19)/t14-/m0/s1. The third-order valence-corrected chi connectivity index (χ3v) is 4.01. The van der Waals surface area contributed by atoms with Crippen LogP contribution >= 0.6 is 0 Å². The van der Waals surface area contributed by atoms with Gasteiger partial charge in [0.1, 0.15) is 12.7 Å². The molecule has 22 heavy (non-hydrogen) atoms. The molecule has 0 saturated carbocycles. The van der Waals surface area contributed by atoms with Gasteiger partial charge >= 0.3 is 0 Å². The van der Waals surface area contributed by atoms with E-state index in [1.54, 1.807) is 4.90 Å². The molecule has 1 N–H and O–H groups in total. The van der Waals surface area contributed by atoms with E-state index in [9.17, 15) is 9.59 Å². The monoisotopic (exact) mass is 304 g/mol. The molecule has 1 aromatic rings. The molecular formula is C16H20N2O4. The average Bonchev–Trinajstić information content (AvgIpc) is 3.16. The highest BCUT2D eigenvalue weighted by Crippen LogP contribution is 2.32. The first-order valence-corrected chi connectivity index (χ1v) is 7.54. The van der Waals surface area contributed by atoms with Crippen LogP contribution in [0.15, 0.2) is 18.2 Å². The number of methoxy groups -OCH3 is 1. The van der Waals surface area contributed by atoms with Crippen molar-refractivity contribution in [2.45, 2.75) is 25.4 Å². The van der Waals surface area contributed by atoms with Crippen LogP contribution in [0.5, 0.6) is 0 Å².